The number of hydrogen-bond acceptors (Lipinski definition) is 3. The highest BCUT2D eigenvalue weighted by Crippen LogP contribution is 2.45. The average Bonchev–Trinajstić information content (AvgIpc) is 2.76. The van der Waals surface area contributed by atoms with Crippen LogP contribution in [0.1, 0.15) is 23.8 Å². The van der Waals surface area contributed by atoms with Gasteiger partial charge in [-0.15, -0.1) is 6.58 Å². The highest BCUT2D eigenvalue weighted by molar-refractivity contribution is 5.88. The molecule has 0 bridgehead atoms. The van der Waals surface area contributed by atoms with Crippen molar-refractivity contribution in [2.45, 2.75) is 26.7 Å². The molecule has 0 saturated heterocycles. The van der Waals surface area contributed by atoms with Gasteiger partial charge in [-0.1, -0.05) is 19.6 Å². The minimum atomic E-state index is -0.345. The summed E-state index contributed by atoms with van der Waals surface area (Å²) in [6.07, 6.45) is 5.15. The van der Waals surface area contributed by atoms with E-state index in [4.69, 9.17) is 9.15 Å². The van der Waals surface area contributed by atoms with E-state index in [0.29, 0.717) is 5.57 Å². The van der Waals surface area contributed by atoms with Crippen LogP contribution in [0.25, 0.3) is 0 Å². The third-order valence-electron chi connectivity index (χ3n) is 4.27. The van der Waals surface area contributed by atoms with E-state index in [1.165, 1.54) is 12.7 Å². The maximum atomic E-state index is 11.8. The smallest absolute Gasteiger partial charge is 0.333 e. The van der Waals surface area contributed by atoms with E-state index in [0.717, 1.165) is 24.2 Å². The number of esters is 1. The second-order valence-electron chi connectivity index (χ2n) is 5.48. The minimum absolute atomic E-state index is 0.00116. The fraction of sp³-hybridized carbons (Fsp3) is 0.438. The molecule has 0 N–H and O–H groups in total. The van der Waals surface area contributed by atoms with E-state index in [9.17, 15) is 4.79 Å². The summed E-state index contributed by atoms with van der Waals surface area (Å²) >= 11 is 0. The van der Waals surface area contributed by atoms with Gasteiger partial charge < -0.3 is 9.15 Å². The molecule has 0 spiro atoms. The Kier molecular flexibility index (Phi) is 3.40. The van der Waals surface area contributed by atoms with Crippen molar-refractivity contribution in [2.75, 3.05) is 7.11 Å². The fourth-order valence-corrected chi connectivity index (χ4v) is 2.86. The quantitative estimate of drug-likeness (QED) is 0.476. The molecular formula is C16H20O3. The van der Waals surface area contributed by atoms with Gasteiger partial charge in [0.1, 0.15) is 5.76 Å². The summed E-state index contributed by atoms with van der Waals surface area (Å²) < 4.78 is 10.4. The molecule has 0 amide bonds. The van der Waals surface area contributed by atoms with E-state index < -0.39 is 0 Å². The molecule has 3 heteroatoms. The van der Waals surface area contributed by atoms with Crippen LogP contribution in [-0.2, 0) is 22.4 Å². The van der Waals surface area contributed by atoms with Crippen molar-refractivity contribution in [3.63, 3.8) is 0 Å². The number of carbonyl (C=O) groups is 1. The van der Waals surface area contributed by atoms with Gasteiger partial charge in [-0.2, -0.15) is 0 Å². The zero-order valence-electron chi connectivity index (χ0n) is 11.8. The van der Waals surface area contributed by atoms with Crippen LogP contribution in [0.4, 0.5) is 0 Å². The van der Waals surface area contributed by atoms with Gasteiger partial charge >= 0.3 is 5.97 Å². The summed E-state index contributed by atoms with van der Waals surface area (Å²) in [6.45, 7) is 12.0. The Morgan fingerprint density at radius 1 is 1.63 bits per heavy atom. The molecular weight excluding hydrogens is 240 g/mol. The van der Waals surface area contributed by atoms with Gasteiger partial charge in [-0.05, 0) is 29.9 Å². The Balaban J connectivity index is 2.42. The molecule has 2 unspecified atom stereocenters. The standard InChI is InChI=1S/C16H20O3/c1-6-16(4)8-14-12(10(2)9-19-14)7-13(16)11(3)15(17)18-5/h6,9,13H,1,3,7-8H2,2,4-5H3. The van der Waals surface area contributed by atoms with Gasteiger partial charge in [0, 0.05) is 17.9 Å². The van der Waals surface area contributed by atoms with Crippen molar-refractivity contribution in [2.24, 2.45) is 11.3 Å². The number of furan rings is 1. The first kappa shape index (κ1) is 13.7. The minimum Gasteiger partial charge on any atom is -0.469 e. The van der Waals surface area contributed by atoms with E-state index in [-0.39, 0.29) is 17.3 Å². The first-order valence-electron chi connectivity index (χ1n) is 6.39. The molecule has 0 saturated carbocycles. The Morgan fingerprint density at radius 3 is 2.89 bits per heavy atom. The maximum Gasteiger partial charge on any atom is 0.333 e. The maximum absolute atomic E-state index is 11.8. The Hall–Kier alpha value is -1.77. The van der Waals surface area contributed by atoms with Crippen LogP contribution in [0, 0.1) is 18.3 Å². The third kappa shape index (κ3) is 2.14. The van der Waals surface area contributed by atoms with E-state index in [2.05, 4.69) is 20.1 Å². The molecule has 0 radical (unpaired) electrons. The number of methoxy groups -OCH3 is 1. The SMILES string of the molecule is C=CC1(C)Cc2occ(C)c2CC1C(=C)C(=O)OC. The summed E-state index contributed by atoms with van der Waals surface area (Å²) in [5.74, 6) is 0.651. The highest BCUT2D eigenvalue weighted by Gasteiger charge is 2.42. The van der Waals surface area contributed by atoms with Crippen LogP contribution < -0.4 is 0 Å². The average molecular weight is 260 g/mol. The molecule has 0 aliphatic heterocycles. The number of ether oxygens (including phenoxy) is 1. The topological polar surface area (TPSA) is 39.4 Å². The number of hydrogen-bond donors (Lipinski definition) is 0. The molecule has 19 heavy (non-hydrogen) atoms. The molecule has 1 aliphatic rings. The first-order valence-corrected chi connectivity index (χ1v) is 6.39. The van der Waals surface area contributed by atoms with Crippen LogP contribution >= 0.6 is 0 Å². The van der Waals surface area contributed by atoms with Crippen molar-refractivity contribution in [1.29, 1.82) is 0 Å². The van der Waals surface area contributed by atoms with Crippen molar-refractivity contribution < 1.29 is 13.9 Å². The first-order chi connectivity index (χ1) is 8.92. The Morgan fingerprint density at radius 2 is 2.32 bits per heavy atom. The lowest BCUT2D eigenvalue weighted by molar-refractivity contribution is -0.137. The second-order valence-corrected chi connectivity index (χ2v) is 5.48. The predicted octanol–water partition coefficient (Wildman–Crippen LogP) is 3.22. The third-order valence-corrected chi connectivity index (χ3v) is 4.27. The van der Waals surface area contributed by atoms with Crippen LogP contribution in [0.3, 0.4) is 0 Å². The molecule has 2 rings (SSSR count). The summed E-state index contributed by atoms with van der Waals surface area (Å²) in [5, 5.41) is 0. The molecule has 1 aromatic heterocycles. The lowest BCUT2D eigenvalue weighted by Gasteiger charge is -2.39. The summed E-state index contributed by atoms with van der Waals surface area (Å²) in [5.41, 5.74) is 2.59. The van der Waals surface area contributed by atoms with Crippen LogP contribution in [0.2, 0.25) is 0 Å². The summed E-state index contributed by atoms with van der Waals surface area (Å²) in [4.78, 5) is 11.8. The van der Waals surface area contributed by atoms with Gasteiger partial charge in [0.15, 0.2) is 0 Å². The molecule has 0 fully saturated rings. The van der Waals surface area contributed by atoms with Crippen molar-refractivity contribution in [3.05, 3.63) is 48.0 Å². The van der Waals surface area contributed by atoms with Gasteiger partial charge in [-0.3, -0.25) is 0 Å². The monoisotopic (exact) mass is 260 g/mol. The molecule has 3 nitrogen and oxygen atoms in total. The highest BCUT2D eigenvalue weighted by atomic mass is 16.5. The van der Waals surface area contributed by atoms with Gasteiger partial charge in [0.25, 0.3) is 0 Å². The predicted molar refractivity (Wildman–Crippen MR) is 73.8 cm³/mol. The van der Waals surface area contributed by atoms with Gasteiger partial charge in [0.2, 0.25) is 0 Å². The van der Waals surface area contributed by atoms with Crippen LogP contribution in [-0.4, -0.2) is 13.1 Å². The van der Waals surface area contributed by atoms with Gasteiger partial charge in [0.05, 0.1) is 13.4 Å². The number of fused-ring (bicyclic) bond motifs is 1. The van der Waals surface area contributed by atoms with Gasteiger partial charge in [-0.25, -0.2) is 4.79 Å². The zero-order chi connectivity index (χ0) is 14.2. The molecule has 1 aromatic rings. The van der Waals surface area contributed by atoms with Crippen molar-refractivity contribution in [1.82, 2.24) is 0 Å². The largest absolute Gasteiger partial charge is 0.469 e. The fourth-order valence-electron chi connectivity index (χ4n) is 2.86. The number of allylic oxidation sites excluding steroid dienone is 1. The van der Waals surface area contributed by atoms with Crippen molar-refractivity contribution >= 4 is 5.97 Å². The molecule has 0 aromatic carbocycles. The van der Waals surface area contributed by atoms with E-state index >= 15 is 0 Å². The molecule has 2 atom stereocenters. The lowest BCUT2D eigenvalue weighted by atomic mass is 9.64. The van der Waals surface area contributed by atoms with E-state index in [1.807, 2.05) is 13.0 Å². The van der Waals surface area contributed by atoms with Crippen LogP contribution in [0.15, 0.2) is 35.5 Å². The Bertz CT molecular complexity index is 538. The summed E-state index contributed by atoms with van der Waals surface area (Å²) in [7, 11) is 1.39. The Labute approximate surface area is 113 Å². The van der Waals surface area contributed by atoms with Crippen molar-refractivity contribution in [3.8, 4) is 0 Å². The zero-order valence-corrected chi connectivity index (χ0v) is 11.8. The van der Waals surface area contributed by atoms with Crippen LogP contribution in [0.5, 0.6) is 0 Å². The second kappa shape index (κ2) is 4.72. The summed E-state index contributed by atoms with van der Waals surface area (Å²) in [6, 6.07) is 0. The molecule has 1 heterocycles. The number of rotatable bonds is 3. The number of carbonyl (C=O) groups excluding carboxylic acids is 1. The number of aryl methyl sites for hydroxylation is 1. The normalized spacial score (nSPS) is 25.5. The lowest BCUT2D eigenvalue weighted by Crippen LogP contribution is -2.36. The van der Waals surface area contributed by atoms with E-state index in [1.54, 1.807) is 6.26 Å². The molecule has 102 valence electrons. The molecule has 1 aliphatic carbocycles.